The van der Waals surface area contributed by atoms with Crippen molar-refractivity contribution >= 4 is 11.5 Å². The average Bonchev–Trinajstić information content (AvgIpc) is 2.83. The topological polar surface area (TPSA) is 37.8 Å². The van der Waals surface area contributed by atoms with Crippen LogP contribution in [0.5, 0.6) is 0 Å². The van der Waals surface area contributed by atoms with Crippen molar-refractivity contribution in [2.24, 2.45) is 0 Å². The number of aryl methyl sites for hydroxylation is 2. The van der Waals surface area contributed by atoms with Crippen LogP contribution in [0.1, 0.15) is 34.7 Å². The Labute approximate surface area is 110 Å². The summed E-state index contributed by atoms with van der Waals surface area (Å²) in [6, 6.07) is 4.82. The molecule has 2 rings (SSSR count). The molecule has 5 heteroatoms. The van der Waals surface area contributed by atoms with Gasteiger partial charge in [-0.3, -0.25) is 0 Å². The van der Waals surface area contributed by atoms with Gasteiger partial charge < -0.3 is 5.32 Å². The van der Waals surface area contributed by atoms with Crippen molar-refractivity contribution in [1.82, 2.24) is 14.9 Å². The van der Waals surface area contributed by atoms with Crippen LogP contribution in [-0.2, 0) is 6.42 Å². The summed E-state index contributed by atoms with van der Waals surface area (Å²) in [5.41, 5.74) is 2.98. The largest absolute Gasteiger partial charge is 0.309 e. The van der Waals surface area contributed by atoms with Crippen LogP contribution in [0.3, 0.4) is 0 Å². The third-order valence-corrected chi connectivity index (χ3v) is 3.85. The molecule has 0 aliphatic heterocycles. The normalized spacial score (nSPS) is 12.7. The first-order chi connectivity index (χ1) is 8.67. The van der Waals surface area contributed by atoms with Crippen LogP contribution in [0.2, 0.25) is 0 Å². The molecular weight excluding hydrogens is 249 g/mol. The molecule has 0 aliphatic rings. The van der Waals surface area contributed by atoms with Gasteiger partial charge in [0.1, 0.15) is 5.82 Å². The van der Waals surface area contributed by atoms with Crippen LogP contribution >= 0.6 is 11.5 Å². The maximum atomic E-state index is 13.4. The van der Waals surface area contributed by atoms with Crippen molar-refractivity contribution in [2.75, 3.05) is 7.05 Å². The third-order valence-electron chi connectivity index (χ3n) is 3.02. The van der Waals surface area contributed by atoms with Crippen molar-refractivity contribution in [3.05, 3.63) is 45.7 Å². The number of halogens is 1. The molecule has 0 aliphatic carbocycles. The van der Waals surface area contributed by atoms with E-state index in [4.69, 9.17) is 0 Å². The molecule has 0 spiro atoms. The third kappa shape index (κ3) is 2.42. The smallest absolute Gasteiger partial charge is 0.123 e. The maximum Gasteiger partial charge on any atom is 0.123 e. The predicted octanol–water partition coefficient (Wildman–Crippen LogP) is 2.86. The Morgan fingerprint density at radius 3 is 2.89 bits per heavy atom. The zero-order chi connectivity index (χ0) is 13.1. The number of nitrogens with zero attached hydrogens (tertiary/aromatic N) is 2. The zero-order valence-electron chi connectivity index (χ0n) is 10.7. The van der Waals surface area contributed by atoms with E-state index in [1.807, 2.05) is 20.9 Å². The number of nitrogens with one attached hydrogen (secondary N) is 1. The molecule has 3 nitrogen and oxygen atoms in total. The molecule has 0 amide bonds. The highest BCUT2D eigenvalue weighted by atomic mass is 32.1. The highest BCUT2D eigenvalue weighted by molar-refractivity contribution is 7.05. The fraction of sp³-hybridized carbons (Fsp3) is 0.385. The molecule has 2 aromatic rings. The summed E-state index contributed by atoms with van der Waals surface area (Å²) in [7, 11) is 1.87. The van der Waals surface area contributed by atoms with Crippen molar-refractivity contribution in [2.45, 2.75) is 26.3 Å². The lowest BCUT2D eigenvalue weighted by Crippen LogP contribution is -2.19. The monoisotopic (exact) mass is 265 g/mol. The number of benzene rings is 1. The van der Waals surface area contributed by atoms with Crippen LogP contribution in [-0.4, -0.2) is 16.6 Å². The van der Waals surface area contributed by atoms with Gasteiger partial charge >= 0.3 is 0 Å². The minimum absolute atomic E-state index is 0.0457. The first-order valence-corrected chi connectivity index (χ1v) is 6.69. The predicted molar refractivity (Wildman–Crippen MR) is 71.3 cm³/mol. The summed E-state index contributed by atoms with van der Waals surface area (Å²) in [6.07, 6.45) is 0.832. The van der Waals surface area contributed by atoms with Crippen LogP contribution in [0.15, 0.2) is 18.2 Å². The van der Waals surface area contributed by atoms with E-state index in [2.05, 4.69) is 14.9 Å². The second-order valence-electron chi connectivity index (χ2n) is 4.16. The summed E-state index contributed by atoms with van der Waals surface area (Å²) in [5, 5.41) is 7.34. The van der Waals surface area contributed by atoms with E-state index in [1.54, 1.807) is 12.1 Å². The molecule has 0 saturated carbocycles. The van der Waals surface area contributed by atoms with Crippen LogP contribution in [0.25, 0.3) is 0 Å². The lowest BCUT2D eigenvalue weighted by molar-refractivity contribution is 0.615. The van der Waals surface area contributed by atoms with Gasteiger partial charge in [-0.05, 0) is 55.2 Å². The molecule has 1 unspecified atom stereocenters. The molecular formula is C13H16FN3S. The Morgan fingerprint density at radius 2 is 2.22 bits per heavy atom. The zero-order valence-corrected chi connectivity index (χ0v) is 11.5. The number of aromatic nitrogens is 2. The van der Waals surface area contributed by atoms with E-state index in [9.17, 15) is 4.39 Å². The van der Waals surface area contributed by atoms with Gasteiger partial charge in [0.15, 0.2) is 0 Å². The van der Waals surface area contributed by atoms with E-state index in [1.165, 1.54) is 17.6 Å². The lowest BCUT2D eigenvalue weighted by Gasteiger charge is -2.18. The molecule has 0 radical (unpaired) electrons. The molecule has 1 heterocycles. The Morgan fingerprint density at radius 1 is 1.44 bits per heavy atom. The quantitative estimate of drug-likeness (QED) is 0.923. The van der Waals surface area contributed by atoms with Gasteiger partial charge in [0.2, 0.25) is 0 Å². The standard InChI is InChI=1S/C13H16FN3S/c1-4-11-13(18-17-16-11)12(15-3)10-7-9(14)6-5-8(10)2/h5-7,12,15H,4H2,1-3H3. The molecule has 0 bridgehead atoms. The fourth-order valence-corrected chi connectivity index (χ4v) is 2.90. The molecule has 0 fully saturated rings. The van der Waals surface area contributed by atoms with Gasteiger partial charge in [-0.2, -0.15) is 0 Å². The Kier molecular flexibility index (Phi) is 4.04. The minimum atomic E-state index is -0.216. The van der Waals surface area contributed by atoms with Gasteiger partial charge in [0, 0.05) is 0 Å². The van der Waals surface area contributed by atoms with Gasteiger partial charge in [0.05, 0.1) is 16.6 Å². The Balaban J connectivity index is 2.48. The summed E-state index contributed by atoms with van der Waals surface area (Å²) in [5.74, 6) is -0.216. The number of hydrogen-bond donors (Lipinski definition) is 1. The van der Waals surface area contributed by atoms with E-state index >= 15 is 0 Å². The maximum absolute atomic E-state index is 13.4. The van der Waals surface area contributed by atoms with E-state index in [0.29, 0.717) is 0 Å². The molecule has 96 valence electrons. The first kappa shape index (κ1) is 13.1. The molecule has 18 heavy (non-hydrogen) atoms. The van der Waals surface area contributed by atoms with Crippen LogP contribution in [0.4, 0.5) is 4.39 Å². The summed E-state index contributed by atoms with van der Waals surface area (Å²) in [4.78, 5) is 1.06. The van der Waals surface area contributed by atoms with Crippen molar-refractivity contribution < 1.29 is 4.39 Å². The van der Waals surface area contributed by atoms with Crippen LogP contribution < -0.4 is 5.32 Å². The molecule has 1 aromatic heterocycles. The van der Waals surface area contributed by atoms with Crippen molar-refractivity contribution in [3.63, 3.8) is 0 Å². The molecule has 0 saturated heterocycles. The van der Waals surface area contributed by atoms with E-state index in [0.717, 1.165) is 28.1 Å². The van der Waals surface area contributed by atoms with Crippen LogP contribution in [0, 0.1) is 12.7 Å². The van der Waals surface area contributed by atoms with Gasteiger partial charge in [-0.1, -0.05) is 17.5 Å². The number of hydrogen-bond acceptors (Lipinski definition) is 4. The molecule has 1 aromatic carbocycles. The van der Waals surface area contributed by atoms with Crippen molar-refractivity contribution in [3.8, 4) is 0 Å². The average molecular weight is 265 g/mol. The lowest BCUT2D eigenvalue weighted by atomic mass is 9.98. The minimum Gasteiger partial charge on any atom is -0.309 e. The second kappa shape index (κ2) is 5.54. The van der Waals surface area contributed by atoms with Gasteiger partial charge in [0.25, 0.3) is 0 Å². The van der Waals surface area contributed by atoms with Gasteiger partial charge in [-0.25, -0.2) is 4.39 Å². The summed E-state index contributed by atoms with van der Waals surface area (Å²) >= 11 is 1.37. The van der Waals surface area contributed by atoms with Crippen molar-refractivity contribution in [1.29, 1.82) is 0 Å². The highest BCUT2D eigenvalue weighted by Gasteiger charge is 2.20. The first-order valence-electron chi connectivity index (χ1n) is 5.91. The Hall–Kier alpha value is -1.33. The highest BCUT2D eigenvalue weighted by Crippen LogP contribution is 2.29. The summed E-state index contributed by atoms with van der Waals surface area (Å²) in [6.45, 7) is 4.03. The molecule has 1 N–H and O–H groups in total. The fourth-order valence-electron chi connectivity index (χ4n) is 2.03. The Bertz CT molecular complexity index is 539. The van der Waals surface area contributed by atoms with E-state index in [-0.39, 0.29) is 11.9 Å². The molecule has 1 atom stereocenters. The summed E-state index contributed by atoms with van der Waals surface area (Å²) < 4.78 is 17.4. The SMILES string of the molecule is CCc1nnsc1C(NC)c1cc(F)ccc1C. The second-order valence-corrected chi connectivity index (χ2v) is 4.95. The van der Waals surface area contributed by atoms with E-state index < -0.39 is 0 Å². The number of rotatable bonds is 4. The van der Waals surface area contributed by atoms with Gasteiger partial charge in [-0.15, -0.1) is 5.10 Å².